The van der Waals surface area contributed by atoms with E-state index in [2.05, 4.69) is 5.10 Å². The van der Waals surface area contributed by atoms with E-state index in [0.29, 0.717) is 11.1 Å². The molecule has 0 radical (unpaired) electrons. The first-order chi connectivity index (χ1) is 12.8. The third-order valence-corrected chi connectivity index (χ3v) is 4.72. The second-order valence-corrected chi connectivity index (χ2v) is 6.44. The lowest BCUT2D eigenvalue weighted by molar-refractivity contribution is -0.132. The molecule has 0 aliphatic heterocycles. The highest BCUT2D eigenvalue weighted by atomic mass is 19.1. The number of halogens is 2. The summed E-state index contributed by atoms with van der Waals surface area (Å²) in [4.78, 5) is 26.5. The number of rotatable bonds is 4. The van der Waals surface area contributed by atoms with Crippen molar-refractivity contribution >= 4 is 16.7 Å². The molecule has 0 aliphatic rings. The fourth-order valence-electron chi connectivity index (χ4n) is 3.01. The van der Waals surface area contributed by atoms with Gasteiger partial charge >= 0.3 is 0 Å². The molecule has 1 amide bonds. The van der Waals surface area contributed by atoms with Crippen molar-refractivity contribution in [3.05, 3.63) is 75.7 Å². The highest BCUT2D eigenvalue weighted by molar-refractivity contribution is 5.83. The molecule has 1 aromatic heterocycles. The van der Waals surface area contributed by atoms with Crippen LogP contribution in [0.4, 0.5) is 8.78 Å². The van der Waals surface area contributed by atoms with Crippen LogP contribution in [0.5, 0.6) is 0 Å². The third-order valence-electron chi connectivity index (χ3n) is 4.72. The molecule has 0 N–H and O–H groups in total. The van der Waals surface area contributed by atoms with Crippen LogP contribution in [0.25, 0.3) is 10.8 Å². The van der Waals surface area contributed by atoms with Crippen LogP contribution in [-0.2, 0) is 11.3 Å². The van der Waals surface area contributed by atoms with Crippen molar-refractivity contribution in [1.29, 1.82) is 0 Å². The number of hydrogen-bond donors (Lipinski definition) is 0. The van der Waals surface area contributed by atoms with Crippen molar-refractivity contribution in [2.45, 2.75) is 26.4 Å². The number of amides is 1. The monoisotopic (exact) mass is 371 g/mol. The Morgan fingerprint density at radius 2 is 1.85 bits per heavy atom. The van der Waals surface area contributed by atoms with E-state index in [9.17, 15) is 18.4 Å². The van der Waals surface area contributed by atoms with Gasteiger partial charge in [-0.1, -0.05) is 18.2 Å². The number of fused-ring (bicyclic) bond motifs is 1. The molecular weight excluding hydrogens is 352 g/mol. The maximum atomic E-state index is 14.0. The average Bonchev–Trinajstić information content (AvgIpc) is 2.66. The number of carbonyl (C=O) groups excluding carboxylic acids is 1. The standard InChI is InChI=1S/C20H19F2N3O2/c1-12-15-6-4-5-7-16(15)20(27)25(23-12)11-19(26)24(3)13(2)17-10-14(21)8-9-18(17)22/h4-10,13H,11H2,1-3H3. The normalized spacial score (nSPS) is 12.2. The largest absolute Gasteiger partial charge is 0.337 e. The van der Waals surface area contributed by atoms with Gasteiger partial charge in [0.1, 0.15) is 18.2 Å². The summed E-state index contributed by atoms with van der Waals surface area (Å²) in [6.07, 6.45) is 0. The first kappa shape index (κ1) is 18.7. The summed E-state index contributed by atoms with van der Waals surface area (Å²) in [5.41, 5.74) is 0.327. The van der Waals surface area contributed by atoms with Crippen molar-refractivity contribution in [2.75, 3.05) is 7.05 Å². The summed E-state index contributed by atoms with van der Waals surface area (Å²) in [5, 5.41) is 5.42. The Bertz CT molecular complexity index is 1080. The van der Waals surface area contributed by atoms with Crippen LogP contribution in [0.2, 0.25) is 0 Å². The molecule has 3 aromatic rings. The summed E-state index contributed by atoms with van der Waals surface area (Å²) in [6.45, 7) is 3.07. The van der Waals surface area contributed by atoms with Crippen LogP contribution in [0.3, 0.4) is 0 Å². The molecule has 1 heterocycles. The third kappa shape index (κ3) is 3.58. The Kier molecular flexibility index (Phi) is 5.03. The fourth-order valence-corrected chi connectivity index (χ4v) is 3.01. The maximum Gasteiger partial charge on any atom is 0.275 e. The molecule has 5 nitrogen and oxygen atoms in total. The van der Waals surface area contributed by atoms with Crippen LogP contribution < -0.4 is 5.56 Å². The Labute approximate surface area is 154 Å². The van der Waals surface area contributed by atoms with E-state index in [-0.39, 0.29) is 17.7 Å². The maximum absolute atomic E-state index is 14.0. The number of likely N-dealkylation sites (N-methyl/N-ethyl adjacent to an activating group) is 1. The van der Waals surface area contributed by atoms with Gasteiger partial charge < -0.3 is 4.90 Å². The SMILES string of the molecule is Cc1nn(CC(=O)N(C)C(C)c2cc(F)ccc2F)c(=O)c2ccccc12. The molecular formula is C20H19F2N3O2. The molecule has 1 unspecified atom stereocenters. The molecule has 0 spiro atoms. The van der Waals surface area contributed by atoms with E-state index >= 15 is 0 Å². The van der Waals surface area contributed by atoms with Crippen molar-refractivity contribution in [3.63, 3.8) is 0 Å². The summed E-state index contributed by atoms with van der Waals surface area (Å²) >= 11 is 0. The zero-order valence-corrected chi connectivity index (χ0v) is 15.2. The zero-order valence-electron chi connectivity index (χ0n) is 15.2. The Morgan fingerprint density at radius 1 is 1.19 bits per heavy atom. The number of nitrogens with zero attached hydrogens (tertiary/aromatic N) is 3. The van der Waals surface area contributed by atoms with Crippen LogP contribution in [-0.4, -0.2) is 27.6 Å². The molecule has 7 heteroatoms. The van der Waals surface area contributed by atoms with Crippen molar-refractivity contribution < 1.29 is 13.6 Å². The number of carbonyl (C=O) groups is 1. The highest BCUT2D eigenvalue weighted by Crippen LogP contribution is 2.23. The van der Waals surface area contributed by atoms with Gasteiger partial charge in [-0.05, 0) is 38.1 Å². The van der Waals surface area contributed by atoms with E-state index in [1.807, 2.05) is 6.07 Å². The predicted octanol–water partition coefficient (Wildman–Crippen LogP) is 3.20. The molecule has 140 valence electrons. The van der Waals surface area contributed by atoms with E-state index in [0.717, 1.165) is 28.3 Å². The zero-order chi connectivity index (χ0) is 19.7. The number of aromatic nitrogens is 2. The van der Waals surface area contributed by atoms with Gasteiger partial charge in [-0.3, -0.25) is 9.59 Å². The molecule has 0 aliphatic carbocycles. The molecule has 1 atom stereocenters. The lowest BCUT2D eigenvalue weighted by Gasteiger charge is -2.26. The van der Waals surface area contributed by atoms with E-state index < -0.39 is 23.6 Å². The predicted molar refractivity (Wildman–Crippen MR) is 98.3 cm³/mol. The second-order valence-electron chi connectivity index (χ2n) is 6.44. The minimum atomic E-state index is -0.703. The summed E-state index contributed by atoms with van der Waals surface area (Å²) in [5.74, 6) is -1.61. The van der Waals surface area contributed by atoms with Crippen LogP contribution in [0.1, 0.15) is 24.2 Å². The van der Waals surface area contributed by atoms with Crippen molar-refractivity contribution in [3.8, 4) is 0 Å². The second kappa shape index (κ2) is 7.26. The van der Waals surface area contributed by atoms with E-state index in [4.69, 9.17) is 0 Å². The Morgan fingerprint density at radius 3 is 2.56 bits per heavy atom. The Hall–Kier alpha value is -3.09. The highest BCUT2D eigenvalue weighted by Gasteiger charge is 2.22. The molecule has 0 fully saturated rings. The van der Waals surface area contributed by atoms with Crippen LogP contribution in [0.15, 0.2) is 47.3 Å². The van der Waals surface area contributed by atoms with Gasteiger partial charge in [0.25, 0.3) is 5.56 Å². The first-order valence-corrected chi connectivity index (χ1v) is 8.46. The van der Waals surface area contributed by atoms with E-state index in [1.165, 1.54) is 11.9 Å². The van der Waals surface area contributed by atoms with Crippen molar-refractivity contribution in [2.24, 2.45) is 0 Å². The van der Waals surface area contributed by atoms with Gasteiger partial charge in [0, 0.05) is 18.0 Å². The first-order valence-electron chi connectivity index (χ1n) is 8.46. The number of benzene rings is 2. The van der Waals surface area contributed by atoms with Gasteiger partial charge in [0.2, 0.25) is 5.91 Å². The molecule has 0 bridgehead atoms. The van der Waals surface area contributed by atoms with Gasteiger partial charge in [0.15, 0.2) is 0 Å². The van der Waals surface area contributed by atoms with Gasteiger partial charge in [0.05, 0.1) is 17.1 Å². The average molecular weight is 371 g/mol. The lowest BCUT2D eigenvalue weighted by atomic mass is 10.1. The molecule has 0 saturated heterocycles. The van der Waals surface area contributed by atoms with Gasteiger partial charge in [-0.15, -0.1) is 0 Å². The quantitative estimate of drug-likeness (QED) is 0.708. The smallest absolute Gasteiger partial charge is 0.275 e. The summed E-state index contributed by atoms with van der Waals surface area (Å²) in [7, 11) is 1.48. The van der Waals surface area contributed by atoms with Crippen LogP contribution in [0, 0.1) is 18.6 Å². The van der Waals surface area contributed by atoms with Gasteiger partial charge in [-0.25, -0.2) is 13.5 Å². The number of aryl methyl sites for hydroxylation is 1. The van der Waals surface area contributed by atoms with Gasteiger partial charge in [-0.2, -0.15) is 5.10 Å². The Balaban J connectivity index is 1.89. The fraction of sp³-hybridized carbons (Fsp3) is 0.250. The van der Waals surface area contributed by atoms with Crippen molar-refractivity contribution in [1.82, 2.24) is 14.7 Å². The molecule has 2 aromatic carbocycles. The number of hydrogen-bond acceptors (Lipinski definition) is 3. The summed E-state index contributed by atoms with van der Waals surface area (Å²) in [6, 6.07) is 9.45. The minimum absolute atomic E-state index is 0.0702. The van der Waals surface area contributed by atoms with Crippen LogP contribution >= 0.6 is 0 Å². The molecule has 0 saturated carbocycles. The minimum Gasteiger partial charge on any atom is -0.337 e. The molecule has 3 rings (SSSR count). The lowest BCUT2D eigenvalue weighted by Crippen LogP contribution is -2.37. The topological polar surface area (TPSA) is 55.2 Å². The summed E-state index contributed by atoms with van der Waals surface area (Å²) < 4.78 is 28.5. The molecule has 27 heavy (non-hydrogen) atoms. The van der Waals surface area contributed by atoms with E-state index in [1.54, 1.807) is 32.0 Å².